The highest BCUT2D eigenvalue weighted by molar-refractivity contribution is 5.16. The highest BCUT2D eigenvalue weighted by Gasteiger charge is 2.10. The summed E-state index contributed by atoms with van der Waals surface area (Å²) in [5.74, 6) is 0.882. The first-order chi connectivity index (χ1) is 8.83. The smallest absolute Gasteiger partial charge is 0.156 e. The van der Waals surface area contributed by atoms with E-state index in [1.165, 1.54) is 18.4 Å². The van der Waals surface area contributed by atoms with Crippen molar-refractivity contribution in [3.05, 3.63) is 42.0 Å². The molecule has 0 radical (unpaired) electrons. The van der Waals surface area contributed by atoms with E-state index in [4.69, 9.17) is 4.52 Å². The molecule has 1 N–H and O–H groups in total. The van der Waals surface area contributed by atoms with Crippen LogP contribution in [0.5, 0.6) is 0 Å². The Morgan fingerprint density at radius 2 is 2.28 bits per heavy atom. The topological polar surface area (TPSA) is 43.0 Å². The van der Waals surface area contributed by atoms with E-state index in [0.29, 0.717) is 6.04 Å². The lowest BCUT2D eigenvalue weighted by molar-refractivity contribution is 0.376. The average Bonchev–Trinajstić information content (AvgIpc) is 3.01. The minimum absolute atomic E-state index is 0.455. The van der Waals surface area contributed by atoms with Crippen molar-refractivity contribution in [3.8, 4) is 0 Å². The zero-order valence-corrected chi connectivity index (χ0v) is 11.1. The first-order valence-corrected chi connectivity index (χ1v) is 6.62. The van der Waals surface area contributed by atoms with Crippen molar-refractivity contribution in [1.29, 1.82) is 0 Å². The molecular formula is C14H21N3O. The van der Waals surface area contributed by atoms with Crippen LogP contribution in [-0.4, -0.2) is 16.3 Å². The molecule has 1 unspecified atom stereocenters. The summed E-state index contributed by atoms with van der Waals surface area (Å²) in [5, 5.41) is 7.24. The standard InChI is InChI=1S/C14H21N3O/c1-3-5-14(15-4-2)12-7-9-17(10-12)11-13-6-8-16-18-13/h6-10,14-15H,3-5,11H2,1-2H3. The maximum absolute atomic E-state index is 5.12. The predicted octanol–water partition coefficient (Wildman–Crippen LogP) is 2.98. The molecular weight excluding hydrogens is 226 g/mol. The molecule has 0 saturated heterocycles. The summed E-state index contributed by atoms with van der Waals surface area (Å²) in [6.07, 6.45) is 8.31. The highest BCUT2D eigenvalue weighted by Crippen LogP contribution is 2.19. The lowest BCUT2D eigenvalue weighted by Crippen LogP contribution is -2.20. The van der Waals surface area contributed by atoms with Crippen molar-refractivity contribution < 1.29 is 4.52 Å². The van der Waals surface area contributed by atoms with Gasteiger partial charge in [-0.15, -0.1) is 0 Å². The maximum Gasteiger partial charge on any atom is 0.156 e. The monoisotopic (exact) mass is 247 g/mol. The van der Waals surface area contributed by atoms with E-state index in [-0.39, 0.29) is 0 Å². The fraction of sp³-hybridized carbons (Fsp3) is 0.500. The lowest BCUT2D eigenvalue weighted by atomic mass is 10.1. The molecule has 2 heterocycles. The molecule has 0 saturated carbocycles. The summed E-state index contributed by atoms with van der Waals surface area (Å²) < 4.78 is 7.25. The van der Waals surface area contributed by atoms with Crippen LogP contribution in [0, 0.1) is 0 Å². The summed E-state index contributed by atoms with van der Waals surface area (Å²) in [6.45, 7) is 6.10. The molecule has 0 bridgehead atoms. The van der Waals surface area contributed by atoms with Crippen molar-refractivity contribution in [1.82, 2.24) is 15.0 Å². The molecule has 2 rings (SSSR count). The van der Waals surface area contributed by atoms with Crippen LogP contribution in [0.3, 0.4) is 0 Å². The Bertz CT molecular complexity index is 441. The normalized spacial score (nSPS) is 12.8. The zero-order chi connectivity index (χ0) is 12.8. The van der Waals surface area contributed by atoms with E-state index in [1.54, 1.807) is 6.20 Å². The van der Waals surface area contributed by atoms with Gasteiger partial charge in [0.05, 0.1) is 12.7 Å². The Morgan fingerprint density at radius 1 is 1.39 bits per heavy atom. The molecule has 0 aromatic carbocycles. The minimum atomic E-state index is 0.455. The van der Waals surface area contributed by atoms with Crippen molar-refractivity contribution in [2.45, 2.75) is 39.3 Å². The van der Waals surface area contributed by atoms with Gasteiger partial charge in [-0.25, -0.2) is 0 Å². The third-order valence-corrected chi connectivity index (χ3v) is 3.03. The van der Waals surface area contributed by atoms with Gasteiger partial charge in [-0.2, -0.15) is 0 Å². The van der Waals surface area contributed by atoms with E-state index < -0.39 is 0 Å². The Balaban J connectivity index is 2.03. The molecule has 0 amide bonds. The van der Waals surface area contributed by atoms with E-state index in [1.807, 2.05) is 6.07 Å². The summed E-state index contributed by atoms with van der Waals surface area (Å²) in [5.41, 5.74) is 1.35. The molecule has 4 heteroatoms. The molecule has 18 heavy (non-hydrogen) atoms. The fourth-order valence-corrected chi connectivity index (χ4v) is 2.19. The van der Waals surface area contributed by atoms with Gasteiger partial charge >= 0.3 is 0 Å². The average molecular weight is 247 g/mol. The van der Waals surface area contributed by atoms with Crippen LogP contribution >= 0.6 is 0 Å². The van der Waals surface area contributed by atoms with Gasteiger partial charge in [-0.1, -0.05) is 25.4 Å². The third kappa shape index (κ3) is 3.23. The number of hydrogen-bond acceptors (Lipinski definition) is 3. The summed E-state index contributed by atoms with van der Waals surface area (Å²) in [6, 6.07) is 4.53. The van der Waals surface area contributed by atoms with Gasteiger partial charge in [-0.05, 0) is 24.6 Å². The van der Waals surface area contributed by atoms with E-state index in [0.717, 1.165) is 18.8 Å². The second-order valence-electron chi connectivity index (χ2n) is 4.49. The van der Waals surface area contributed by atoms with Gasteiger partial charge in [0.1, 0.15) is 0 Å². The number of aromatic nitrogens is 2. The predicted molar refractivity (Wildman–Crippen MR) is 71.4 cm³/mol. The number of hydrogen-bond donors (Lipinski definition) is 1. The van der Waals surface area contributed by atoms with Crippen LogP contribution in [-0.2, 0) is 6.54 Å². The molecule has 0 aliphatic rings. The molecule has 0 spiro atoms. The van der Waals surface area contributed by atoms with Crippen LogP contribution in [0.1, 0.15) is 44.1 Å². The van der Waals surface area contributed by atoms with Crippen LogP contribution in [0.2, 0.25) is 0 Å². The Kier molecular flexibility index (Phi) is 4.59. The fourth-order valence-electron chi connectivity index (χ4n) is 2.19. The van der Waals surface area contributed by atoms with Gasteiger partial charge in [0.15, 0.2) is 5.76 Å². The van der Waals surface area contributed by atoms with Crippen LogP contribution in [0.15, 0.2) is 35.2 Å². The van der Waals surface area contributed by atoms with Gasteiger partial charge in [0, 0.05) is 24.5 Å². The second-order valence-corrected chi connectivity index (χ2v) is 4.49. The molecule has 98 valence electrons. The van der Waals surface area contributed by atoms with Gasteiger partial charge < -0.3 is 14.4 Å². The van der Waals surface area contributed by atoms with Crippen molar-refractivity contribution in [2.24, 2.45) is 0 Å². The Labute approximate surface area is 108 Å². The van der Waals surface area contributed by atoms with Crippen LogP contribution in [0.4, 0.5) is 0 Å². The second kappa shape index (κ2) is 6.40. The maximum atomic E-state index is 5.12. The first kappa shape index (κ1) is 12.9. The van der Waals surface area contributed by atoms with Crippen molar-refractivity contribution in [2.75, 3.05) is 6.54 Å². The van der Waals surface area contributed by atoms with E-state index in [9.17, 15) is 0 Å². The molecule has 0 aliphatic carbocycles. The molecule has 2 aromatic heterocycles. The molecule has 0 aliphatic heterocycles. The summed E-state index contributed by atoms with van der Waals surface area (Å²) in [7, 11) is 0. The zero-order valence-electron chi connectivity index (χ0n) is 11.1. The largest absolute Gasteiger partial charge is 0.359 e. The molecule has 0 fully saturated rings. The van der Waals surface area contributed by atoms with Crippen molar-refractivity contribution in [3.63, 3.8) is 0 Å². The Morgan fingerprint density at radius 3 is 2.94 bits per heavy atom. The summed E-state index contributed by atoms with van der Waals surface area (Å²) >= 11 is 0. The molecule has 1 atom stereocenters. The number of nitrogens with zero attached hydrogens (tertiary/aromatic N) is 2. The van der Waals surface area contributed by atoms with E-state index >= 15 is 0 Å². The third-order valence-electron chi connectivity index (χ3n) is 3.03. The van der Waals surface area contributed by atoms with Gasteiger partial charge in [0.2, 0.25) is 0 Å². The first-order valence-electron chi connectivity index (χ1n) is 6.62. The lowest BCUT2D eigenvalue weighted by Gasteiger charge is -2.15. The SMILES string of the molecule is CCCC(NCC)c1ccn(Cc2ccno2)c1. The minimum Gasteiger partial charge on any atom is -0.359 e. The van der Waals surface area contributed by atoms with Gasteiger partial charge in [0.25, 0.3) is 0 Å². The molecule has 2 aromatic rings. The van der Waals surface area contributed by atoms with Crippen LogP contribution in [0.25, 0.3) is 0 Å². The van der Waals surface area contributed by atoms with Gasteiger partial charge in [-0.3, -0.25) is 0 Å². The van der Waals surface area contributed by atoms with Crippen LogP contribution < -0.4 is 5.32 Å². The summed E-state index contributed by atoms with van der Waals surface area (Å²) in [4.78, 5) is 0. The molecule has 4 nitrogen and oxygen atoms in total. The van der Waals surface area contributed by atoms with Crippen molar-refractivity contribution >= 4 is 0 Å². The Hall–Kier alpha value is -1.55. The quantitative estimate of drug-likeness (QED) is 0.818. The highest BCUT2D eigenvalue weighted by atomic mass is 16.5. The number of rotatable bonds is 7. The van der Waals surface area contributed by atoms with E-state index in [2.05, 4.69) is 47.3 Å². The number of nitrogens with one attached hydrogen (secondary N) is 1.